The Balaban J connectivity index is 1.26. The van der Waals surface area contributed by atoms with Gasteiger partial charge >= 0.3 is 12.1 Å². The van der Waals surface area contributed by atoms with E-state index >= 15 is 0 Å². The number of ether oxygens (including phenoxy) is 2. The van der Waals surface area contributed by atoms with E-state index in [1.54, 1.807) is 9.58 Å². The summed E-state index contributed by atoms with van der Waals surface area (Å²) in [6.07, 6.45) is 6.10. The molecule has 228 valence electrons. The Hall–Kier alpha value is -4.66. The van der Waals surface area contributed by atoms with Crippen molar-refractivity contribution in [2.45, 2.75) is 64.4 Å². The molecule has 0 saturated carbocycles. The second-order valence-electron chi connectivity index (χ2n) is 11.4. The summed E-state index contributed by atoms with van der Waals surface area (Å²) in [7, 11) is 1.43. The number of piperidine rings is 1. The summed E-state index contributed by atoms with van der Waals surface area (Å²) in [5, 5.41) is 13.9. The number of rotatable bonds is 8. The van der Waals surface area contributed by atoms with Crippen LogP contribution in [0.1, 0.15) is 83.4 Å². The number of benzene rings is 2. The molecule has 1 unspecified atom stereocenters. The molecule has 0 radical (unpaired) electrons. The number of aromatic nitrogens is 3. The maximum Gasteiger partial charge on any atom is 0.409 e. The van der Waals surface area contributed by atoms with E-state index in [1.807, 2.05) is 25.1 Å². The molecule has 2 aromatic heterocycles. The molecule has 9 nitrogen and oxygen atoms in total. The minimum atomic E-state index is -0.992. The number of carbonyl (C=O) groups is 2. The van der Waals surface area contributed by atoms with Crippen LogP contribution in [0.5, 0.6) is 5.75 Å². The highest BCUT2D eigenvalue weighted by Gasteiger charge is 2.29. The number of carbonyl (C=O) groups excluding carboxylic acids is 1. The van der Waals surface area contributed by atoms with Crippen LogP contribution in [0.2, 0.25) is 0 Å². The number of nitrogens with zero attached hydrogens (tertiary/aromatic N) is 4. The predicted octanol–water partition coefficient (Wildman–Crippen LogP) is 6.77. The van der Waals surface area contributed by atoms with Gasteiger partial charge in [0.1, 0.15) is 17.4 Å². The van der Waals surface area contributed by atoms with E-state index in [1.165, 1.54) is 30.0 Å². The normalized spacial score (nSPS) is 16.5. The molecule has 9 heteroatoms. The molecule has 1 fully saturated rings. The van der Waals surface area contributed by atoms with Crippen molar-refractivity contribution < 1.29 is 24.2 Å². The molecule has 2 aliphatic rings. The minimum absolute atomic E-state index is 0.111. The number of pyridine rings is 1. The lowest BCUT2D eigenvalue weighted by Crippen LogP contribution is -2.37. The number of likely N-dealkylation sites (tertiary alicyclic amines) is 1. The number of carboxylic acids is 1. The molecule has 6 rings (SSSR count). The van der Waals surface area contributed by atoms with Crippen LogP contribution in [0.25, 0.3) is 17.1 Å². The van der Waals surface area contributed by atoms with Crippen molar-refractivity contribution >= 4 is 12.1 Å². The van der Waals surface area contributed by atoms with Crippen molar-refractivity contribution in [3.8, 4) is 22.8 Å². The van der Waals surface area contributed by atoms with E-state index in [2.05, 4.69) is 48.4 Å². The summed E-state index contributed by atoms with van der Waals surface area (Å²) in [5.41, 5.74) is 7.65. The third kappa shape index (κ3) is 5.54. The van der Waals surface area contributed by atoms with Gasteiger partial charge in [0.2, 0.25) is 0 Å². The van der Waals surface area contributed by atoms with Gasteiger partial charge in [0, 0.05) is 24.2 Å². The Kier molecular flexibility index (Phi) is 8.37. The number of hydrogen-bond donors (Lipinski definition) is 1. The average molecular weight is 595 g/mol. The molecule has 1 saturated heterocycles. The number of hydrogen-bond acceptors (Lipinski definition) is 6. The highest BCUT2D eigenvalue weighted by atomic mass is 16.5. The quantitative estimate of drug-likeness (QED) is 0.240. The van der Waals surface area contributed by atoms with Gasteiger partial charge in [-0.1, -0.05) is 44.2 Å². The van der Waals surface area contributed by atoms with Crippen molar-refractivity contribution in [3.63, 3.8) is 0 Å². The van der Waals surface area contributed by atoms with E-state index in [-0.39, 0.29) is 17.8 Å². The van der Waals surface area contributed by atoms with Crippen LogP contribution in [0, 0.1) is 0 Å². The monoisotopic (exact) mass is 594 g/mol. The van der Waals surface area contributed by atoms with Gasteiger partial charge in [-0.3, -0.25) is 0 Å². The van der Waals surface area contributed by atoms with Crippen molar-refractivity contribution in [1.82, 2.24) is 19.7 Å². The van der Waals surface area contributed by atoms with Crippen LogP contribution in [0.15, 0.2) is 60.8 Å². The van der Waals surface area contributed by atoms with Gasteiger partial charge in [-0.25, -0.2) is 19.3 Å². The lowest BCUT2D eigenvalue weighted by atomic mass is 9.86. The molecule has 0 spiro atoms. The number of amides is 1. The Morgan fingerprint density at radius 3 is 2.52 bits per heavy atom. The van der Waals surface area contributed by atoms with Crippen molar-refractivity contribution in [1.29, 1.82) is 0 Å². The van der Waals surface area contributed by atoms with Crippen LogP contribution >= 0.6 is 0 Å². The van der Waals surface area contributed by atoms with Crippen LogP contribution < -0.4 is 4.74 Å². The second kappa shape index (κ2) is 12.5. The topological polar surface area (TPSA) is 107 Å². The minimum Gasteiger partial charge on any atom is -0.486 e. The number of methoxy groups -OCH3 is 1. The van der Waals surface area contributed by atoms with Crippen LogP contribution in [0.3, 0.4) is 0 Å². The predicted molar refractivity (Wildman–Crippen MR) is 167 cm³/mol. The molecule has 1 amide bonds. The van der Waals surface area contributed by atoms with Gasteiger partial charge in [0.25, 0.3) is 0 Å². The average Bonchev–Trinajstić information content (AvgIpc) is 3.69. The number of aromatic carboxylic acids is 1. The van der Waals surface area contributed by atoms with E-state index in [9.17, 15) is 14.7 Å². The summed E-state index contributed by atoms with van der Waals surface area (Å²) in [4.78, 5) is 30.4. The van der Waals surface area contributed by atoms with Crippen LogP contribution in [-0.4, -0.2) is 57.0 Å². The van der Waals surface area contributed by atoms with Gasteiger partial charge in [-0.2, -0.15) is 5.10 Å². The van der Waals surface area contributed by atoms with Crippen molar-refractivity contribution in [3.05, 3.63) is 94.3 Å². The third-order valence-corrected chi connectivity index (χ3v) is 9.00. The standard InChI is InChI=1S/C35H38N4O5/c1-4-22-20-25(13-14-26(22)23-16-18-38(19-17-23)35(42)43-3)44-31-15-12-24-8-6-9-27(33(24)31)29-10-7-11-32(37-29)39-30(5-2)28(21-36-39)34(40)41/h6-11,13-14,20-21,23,31H,4-5,12,15-19H2,1-3H3,(H,40,41). The molecule has 1 aliphatic heterocycles. The lowest BCUT2D eigenvalue weighted by Gasteiger charge is -2.32. The van der Waals surface area contributed by atoms with E-state index in [4.69, 9.17) is 14.5 Å². The van der Waals surface area contributed by atoms with Gasteiger partial charge in [-0.05, 0) is 85.4 Å². The summed E-state index contributed by atoms with van der Waals surface area (Å²) in [6.45, 7) is 5.50. The zero-order valence-corrected chi connectivity index (χ0v) is 25.5. The Morgan fingerprint density at radius 1 is 1.00 bits per heavy atom. The molecular formula is C35H38N4O5. The summed E-state index contributed by atoms with van der Waals surface area (Å²) < 4.78 is 13.2. The van der Waals surface area contributed by atoms with E-state index in [0.29, 0.717) is 36.9 Å². The SMILES string of the molecule is CCc1cc(OC2CCc3cccc(-c4cccc(-n5ncc(C(=O)O)c5CC)n4)c32)ccc1C1CCN(C(=O)OC)CC1. The molecule has 1 atom stereocenters. The molecule has 1 N–H and O–H groups in total. The van der Waals surface area contributed by atoms with Gasteiger partial charge in [0.05, 0.1) is 24.7 Å². The highest BCUT2D eigenvalue weighted by molar-refractivity contribution is 5.88. The summed E-state index contributed by atoms with van der Waals surface area (Å²) in [6, 6.07) is 18.6. The maximum absolute atomic E-state index is 11.9. The molecule has 3 heterocycles. The van der Waals surface area contributed by atoms with E-state index in [0.717, 1.165) is 54.7 Å². The fourth-order valence-corrected chi connectivity index (χ4v) is 6.79. The Labute approximate surface area is 257 Å². The van der Waals surface area contributed by atoms with Gasteiger partial charge in [-0.15, -0.1) is 0 Å². The highest BCUT2D eigenvalue weighted by Crippen LogP contribution is 2.42. The first-order chi connectivity index (χ1) is 21.4. The smallest absolute Gasteiger partial charge is 0.409 e. The van der Waals surface area contributed by atoms with Crippen LogP contribution in [-0.2, 0) is 24.0 Å². The van der Waals surface area contributed by atoms with Gasteiger partial charge in [0.15, 0.2) is 5.82 Å². The van der Waals surface area contributed by atoms with Crippen LogP contribution in [0.4, 0.5) is 4.79 Å². The first-order valence-electron chi connectivity index (χ1n) is 15.4. The molecule has 4 aromatic rings. The summed E-state index contributed by atoms with van der Waals surface area (Å²) in [5.74, 6) is 0.859. The largest absolute Gasteiger partial charge is 0.486 e. The van der Waals surface area contributed by atoms with Crippen molar-refractivity contribution in [2.24, 2.45) is 0 Å². The fraction of sp³-hybridized carbons (Fsp3) is 0.371. The number of fused-ring (bicyclic) bond motifs is 1. The maximum atomic E-state index is 11.9. The lowest BCUT2D eigenvalue weighted by molar-refractivity contribution is 0.0695. The van der Waals surface area contributed by atoms with Crippen molar-refractivity contribution in [2.75, 3.05) is 20.2 Å². The molecular weight excluding hydrogens is 556 g/mol. The van der Waals surface area contributed by atoms with E-state index < -0.39 is 5.97 Å². The second-order valence-corrected chi connectivity index (χ2v) is 11.4. The third-order valence-electron chi connectivity index (χ3n) is 9.00. The fourth-order valence-electron chi connectivity index (χ4n) is 6.79. The Morgan fingerprint density at radius 2 is 1.80 bits per heavy atom. The number of carboxylic acid groups (broad SMARTS) is 1. The first-order valence-corrected chi connectivity index (χ1v) is 15.4. The molecule has 44 heavy (non-hydrogen) atoms. The molecule has 2 aromatic carbocycles. The number of aryl methyl sites for hydroxylation is 2. The zero-order valence-electron chi connectivity index (χ0n) is 25.5. The molecule has 1 aliphatic carbocycles. The van der Waals surface area contributed by atoms with Gasteiger partial charge < -0.3 is 19.5 Å². The first kappa shape index (κ1) is 29.4. The Bertz CT molecular complexity index is 1690. The zero-order chi connectivity index (χ0) is 30.8. The summed E-state index contributed by atoms with van der Waals surface area (Å²) >= 11 is 0. The molecule has 0 bridgehead atoms.